The zero-order valence-corrected chi connectivity index (χ0v) is 11.0. The second kappa shape index (κ2) is 4.00. The Morgan fingerprint density at radius 1 is 1.24 bits per heavy atom. The van der Waals surface area contributed by atoms with E-state index in [1.165, 1.54) is 0 Å². The van der Waals surface area contributed by atoms with Gasteiger partial charge < -0.3 is 10.2 Å². The third kappa shape index (κ3) is 1.94. The van der Waals surface area contributed by atoms with Gasteiger partial charge in [-0.3, -0.25) is 9.59 Å². The molecule has 1 heterocycles. The molecule has 1 aliphatic heterocycles. The van der Waals surface area contributed by atoms with Crippen LogP contribution in [0.25, 0.3) is 0 Å². The summed E-state index contributed by atoms with van der Waals surface area (Å²) in [6.07, 6.45) is 5.00. The Hall–Kier alpha value is -1.06. The molecular weight excluding hydrogens is 216 g/mol. The first-order valence-electron chi connectivity index (χ1n) is 6.54. The number of hydrogen-bond acceptors (Lipinski definition) is 2. The minimum atomic E-state index is -0.707. The summed E-state index contributed by atoms with van der Waals surface area (Å²) in [4.78, 5) is 26.1. The van der Waals surface area contributed by atoms with E-state index in [1.54, 1.807) is 0 Å². The van der Waals surface area contributed by atoms with Gasteiger partial charge in [0.25, 0.3) is 0 Å². The smallest absolute Gasteiger partial charge is 0.248 e. The predicted octanol–water partition coefficient (Wildman–Crippen LogP) is 1.45. The van der Waals surface area contributed by atoms with E-state index in [0.29, 0.717) is 6.42 Å². The molecule has 2 amide bonds. The molecule has 1 atom stereocenters. The molecule has 96 valence electrons. The number of nitrogens with zero attached hydrogens (tertiary/aromatic N) is 1. The van der Waals surface area contributed by atoms with Gasteiger partial charge >= 0.3 is 0 Å². The molecule has 1 aliphatic carbocycles. The Morgan fingerprint density at radius 2 is 1.82 bits per heavy atom. The molecule has 0 aromatic heterocycles. The van der Waals surface area contributed by atoms with Gasteiger partial charge in [-0.1, -0.05) is 19.8 Å². The Balaban J connectivity index is 2.27. The molecule has 0 radical (unpaired) electrons. The van der Waals surface area contributed by atoms with Crippen molar-refractivity contribution in [3.63, 3.8) is 0 Å². The lowest BCUT2D eigenvalue weighted by Crippen LogP contribution is -2.69. The average Bonchev–Trinajstić information content (AvgIpc) is 2.71. The minimum Gasteiger partial charge on any atom is -0.340 e. The summed E-state index contributed by atoms with van der Waals surface area (Å²) in [6.45, 7) is 6.12. The van der Waals surface area contributed by atoms with Crippen LogP contribution in [-0.2, 0) is 9.59 Å². The van der Waals surface area contributed by atoms with Crippen LogP contribution in [0.4, 0.5) is 0 Å². The summed E-state index contributed by atoms with van der Waals surface area (Å²) in [7, 11) is 0. The van der Waals surface area contributed by atoms with Crippen molar-refractivity contribution < 1.29 is 9.59 Å². The highest BCUT2D eigenvalue weighted by Gasteiger charge is 2.48. The van der Waals surface area contributed by atoms with Gasteiger partial charge in [-0.2, -0.15) is 0 Å². The fourth-order valence-corrected chi connectivity index (χ4v) is 3.00. The van der Waals surface area contributed by atoms with Gasteiger partial charge in [0, 0.05) is 5.54 Å². The van der Waals surface area contributed by atoms with Gasteiger partial charge in [0.1, 0.15) is 12.1 Å². The van der Waals surface area contributed by atoms with Gasteiger partial charge in [-0.05, 0) is 33.1 Å². The number of rotatable bonds is 2. The molecule has 1 saturated heterocycles. The van der Waals surface area contributed by atoms with Crippen molar-refractivity contribution in [1.82, 2.24) is 10.2 Å². The third-order valence-corrected chi connectivity index (χ3v) is 4.47. The summed E-state index contributed by atoms with van der Waals surface area (Å²) in [6, 6.07) is 0. The first-order valence-corrected chi connectivity index (χ1v) is 6.54. The molecular formula is C13H22N2O2. The van der Waals surface area contributed by atoms with E-state index in [2.05, 4.69) is 12.2 Å². The number of hydrogen-bond donors (Lipinski definition) is 1. The molecule has 2 rings (SSSR count). The van der Waals surface area contributed by atoms with Crippen LogP contribution in [0.15, 0.2) is 0 Å². The van der Waals surface area contributed by atoms with E-state index in [1.807, 2.05) is 18.7 Å². The van der Waals surface area contributed by atoms with Crippen LogP contribution < -0.4 is 5.32 Å². The average molecular weight is 238 g/mol. The fraction of sp³-hybridized carbons (Fsp3) is 0.846. The minimum absolute atomic E-state index is 0.0259. The van der Waals surface area contributed by atoms with Crippen LogP contribution in [0.2, 0.25) is 0 Å². The first-order chi connectivity index (χ1) is 7.91. The van der Waals surface area contributed by atoms with Gasteiger partial charge in [0.05, 0.1) is 0 Å². The number of nitrogens with one attached hydrogen (secondary N) is 1. The van der Waals surface area contributed by atoms with E-state index in [0.717, 1.165) is 25.7 Å². The quantitative estimate of drug-likeness (QED) is 0.791. The summed E-state index contributed by atoms with van der Waals surface area (Å²) in [5.74, 6) is 0.0612. The maximum atomic E-state index is 12.5. The van der Waals surface area contributed by atoms with Gasteiger partial charge in [-0.15, -0.1) is 0 Å². The van der Waals surface area contributed by atoms with E-state index in [9.17, 15) is 9.59 Å². The Morgan fingerprint density at radius 3 is 2.35 bits per heavy atom. The zero-order chi connectivity index (χ0) is 12.7. The van der Waals surface area contributed by atoms with Crippen LogP contribution in [0.5, 0.6) is 0 Å². The molecule has 17 heavy (non-hydrogen) atoms. The summed E-state index contributed by atoms with van der Waals surface area (Å²) >= 11 is 0. The van der Waals surface area contributed by atoms with E-state index < -0.39 is 5.54 Å². The molecule has 2 aliphatic rings. The molecule has 1 N–H and O–H groups in total. The summed E-state index contributed by atoms with van der Waals surface area (Å²) in [5.41, 5.74) is -0.813. The van der Waals surface area contributed by atoms with E-state index in [-0.39, 0.29) is 23.9 Å². The number of amides is 2. The number of carbonyl (C=O) groups excluding carboxylic acids is 2. The predicted molar refractivity (Wildman–Crippen MR) is 65.4 cm³/mol. The lowest BCUT2D eigenvalue weighted by Gasteiger charge is -2.47. The highest BCUT2D eigenvalue weighted by atomic mass is 16.2. The van der Waals surface area contributed by atoms with Crippen molar-refractivity contribution in [3.05, 3.63) is 0 Å². The van der Waals surface area contributed by atoms with Crippen molar-refractivity contribution in [2.75, 3.05) is 6.54 Å². The first kappa shape index (κ1) is 12.4. The molecule has 0 spiro atoms. The van der Waals surface area contributed by atoms with E-state index in [4.69, 9.17) is 0 Å². The lowest BCUT2D eigenvalue weighted by molar-refractivity contribution is -0.155. The molecule has 1 saturated carbocycles. The highest BCUT2D eigenvalue weighted by molar-refractivity contribution is 5.98. The second-order valence-electron chi connectivity index (χ2n) is 5.83. The molecule has 2 fully saturated rings. The van der Waals surface area contributed by atoms with Gasteiger partial charge in [0.2, 0.25) is 11.8 Å². The third-order valence-electron chi connectivity index (χ3n) is 4.47. The van der Waals surface area contributed by atoms with Gasteiger partial charge in [0.15, 0.2) is 0 Å². The molecule has 0 bridgehead atoms. The Kier molecular flexibility index (Phi) is 2.92. The molecule has 1 unspecified atom stereocenters. The van der Waals surface area contributed by atoms with Crippen LogP contribution in [0, 0.1) is 0 Å². The van der Waals surface area contributed by atoms with Crippen LogP contribution in [0.1, 0.15) is 52.9 Å². The normalized spacial score (nSPS) is 32.8. The maximum Gasteiger partial charge on any atom is 0.248 e. The van der Waals surface area contributed by atoms with Crippen LogP contribution >= 0.6 is 0 Å². The summed E-state index contributed by atoms with van der Waals surface area (Å²) < 4.78 is 0. The molecule has 4 nitrogen and oxygen atoms in total. The van der Waals surface area contributed by atoms with Crippen LogP contribution in [-0.4, -0.2) is 34.3 Å². The fourth-order valence-electron chi connectivity index (χ4n) is 3.00. The second-order valence-corrected chi connectivity index (χ2v) is 5.83. The van der Waals surface area contributed by atoms with Crippen molar-refractivity contribution in [2.45, 2.75) is 64.0 Å². The topological polar surface area (TPSA) is 49.4 Å². The SMILES string of the molecule is CCC1(C)NC(=O)CN(C2(C)CCCC2)C1=O. The zero-order valence-electron chi connectivity index (χ0n) is 11.0. The lowest BCUT2D eigenvalue weighted by atomic mass is 9.88. The number of piperazine rings is 1. The van der Waals surface area contributed by atoms with Crippen molar-refractivity contribution in [2.24, 2.45) is 0 Å². The standard InChI is InChI=1S/C13H22N2O2/c1-4-13(3)11(17)15(9-10(16)14-13)12(2)7-5-6-8-12/h4-9H2,1-3H3,(H,14,16). The van der Waals surface area contributed by atoms with Crippen LogP contribution in [0.3, 0.4) is 0 Å². The number of carbonyl (C=O) groups is 2. The molecule has 0 aromatic carbocycles. The van der Waals surface area contributed by atoms with E-state index >= 15 is 0 Å². The van der Waals surface area contributed by atoms with Crippen molar-refractivity contribution in [1.29, 1.82) is 0 Å². The molecule has 4 heteroatoms. The van der Waals surface area contributed by atoms with Gasteiger partial charge in [-0.25, -0.2) is 0 Å². The summed E-state index contributed by atoms with van der Waals surface area (Å²) in [5, 5.41) is 2.83. The maximum absolute atomic E-state index is 12.5. The van der Waals surface area contributed by atoms with Crippen molar-refractivity contribution >= 4 is 11.8 Å². The largest absolute Gasteiger partial charge is 0.340 e. The highest BCUT2D eigenvalue weighted by Crippen LogP contribution is 2.37. The van der Waals surface area contributed by atoms with Crippen molar-refractivity contribution in [3.8, 4) is 0 Å². The Bertz CT molecular complexity index is 347. The molecule has 0 aromatic rings. The monoisotopic (exact) mass is 238 g/mol. The Labute approximate surface area is 103 Å².